The third-order valence-electron chi connectivity index (χ3n) is 1.84. The summed E-state index contributed by atoms with van der Waals surface area (Å²) < 4.78 is 0.861. The molecule has 1 rings (SSSR count). The topological polar surface area (TPSA) is 50.7 Å². The standard InChI is InChI=1S/C13H12N3.W/c1-3-9-16-13(14)8-10-15-12-7-5-4-6-11(12)2;/h2,4-7,9-10H,1H3,(H2,14,16);/q-1;. The second-order valence-corrected chi connectivity index (χ2v) is 4.69. The van der Waals surface area contributed by atoms with Crippen LogP contribution in [0.1, 0.15) is 12.5 Å². The van der Waals surface area contributed by atoms with Gasteiger partial charge in [0.25, 0.3) is 0 Å². The number of para-hydroxylation sites is 1. The average Bonchev–Trinajstić information content (AvgIpc) is 2.34. The predicted molar refractivity (Wildman–Crippen MR) is 68.1 cm³/mol. The molecule has 0 fully saturated rings. The number of allylic oxidation sites excluding steroid dienone is 1. The van der Waals surface area contributed by atoms with Gasteiger partial charge in [0.15, 0.2) is 0 Å². The van der Waals surface area contributed by atoms with Crippen molar-refractivity contribution in [3.05, 3.63) is 49.0 Å². The van der Waals surface area contributed by atoms with Crippen LogP contribution in [0.15, 0.2) is 40.5 Å². The first-order valence-electron chi connectivity index (χ1n) is 4.90. The fraction of sp³-hybridized carbons (Fsp3) is 0.0769. The van der Waals surface area contributed by atoms with Crippen molar-refractivity contribution < 1.29 is 19.4 Å². The molecule has 0 bridgehead atoms. The molecule has 86 valence electrons. The summed E-state index contributed by atoms with van der Waals surface area (Å²) in [6, 6.07) is 7.41. The average molecular weight is 394 g/mol. The van der Waals surface area contributed by atoms with E-state index in [1.807, 2.05) is 18.2 Å². The van der Waals surface area contributed by atoms with E-state index < -0.39 is 0 Å². The van der Waals surface area contributed by atoms with Gasteiger partial charge < -0.3 is 0 Å². The van der Waals surface area contributed by atoms with Crippen molar-refractivity contribution in [2.24, 2.45) is 15.7 Å². The van der Waals surface area contributed by atoms with Gasteiger partial charge in [-0.25, -0.2) is 0 Å². The van der Waals surface area contributed by atoms with E-state index in [9.17, 15) is 0 Å². The molecule has 1 aromatic carbocycles. The maximum absolute atomic E-state index is 5.77. The van der Waals surface area contributed by atoms with Gasteiger partial charge >= 0.3 is 113 Å². The van der Waals surface area contributed by atoms with Gasteiger partial charge in [-0.05, 0) is 0 Å². The molecule has 3 nitrogen and oxygen atoms in total. The van der Waals surface area contributed by atoms with Crippen LogP contribution >= 0.6 is 0 Å². The van der Waals surface area contributed by atoms with Gasteiger partial charge in [0.05, 0.1) is 0 Å². The monoisotopic (exact) mass is 394 g/mol. The molecule has 0 saturated heterocycles. The van der Waals surface area contributed by atoms with E-state index in [0.29, 0.717) is 11.4 Å². The molecule has 0 unspecified atom stereocenters. The minimum absolute atomic E-state index is 0.451. The molecule has 1 aromatic rings. The number of nitrogens with two attached hydrogens (primary N) is 1. The molecular formula is C13H12N3W-. The van der Waals surface area contributed by atoms with Crippen LogP contribution in [-0.4, -0.2) is 15.9 Å². The van der Waals surface area contributed by atoms with Crippen LogP contribution in [0.5, 0.6) is 0 Å². The summed E-state index contributed by atoms with van der Waals surface area (Å²) in [4.78, 5) is 8.27. The van der Waals surface area contributed by atoms with Gasteiger partial charge in [0.1, 0.15) is 0 Å². The van der Waals surface area contributed by atoms with Crippen molar-refractivity contribution in [3.63, 3.8) is 0 Å². The maximum atomic E-state index is 5.77. The Hall–Kier alpha value is -1.34. The van der Waals surface area contributed by atoms with E-state index >= 15 is 0 Å². The van der Waals surface area contributed by atoms with Crippen molar-refractivity contribution in [1.29, 1.82) is 0 Å². The third-order valence-corrected chi connectivity index (χ3v) is 2.97. The van der Waals surface area contributed by atoms with E-state index in [-0.39, 0.29) is 0 Å². The zero-order chi connectivity index (χ0) is 12.7. The number of hydrogen-bond donors (Lipinski definition) is 1. The first kappa shape index (κ1) is 13.7. The molecule has 17 heavy (non-hydrogen) atoms. The number of hydrogen-bond acceptors (Lipinski definition) is 2. The zero-order valence-corrected chi connectivity index (χ0v) is 12.4. The number of rotatable bonds is 4. The molecule has 0 amide bonds. The first-order valence-corrected chi connectivity index (χ1v) is 6.37. The fourth-order valence-corrected chi connectivity index (χ4v) is 1.38. The summed E-state index contributed by atoms with van der Waals surface area (Å²) in [7, 11) is 0. The Labute approximate surface area is 113 Å². The van der Waals surface area contributed by atoms with E-state index in [4.69, 9.17) is 12.7 Å². The van der Waals surface area contributed by atoms with Crippen molar-refractivity contribution in [3.8, 4) is 0 Å². The van der Waals surface area contributed by atoms with Crippen LogP contribution < -0.4 is 5.73 Å². The van der Waals surface area contributed by atoms with Gasteiger partial charge in [-0.1, -0.05) is 0 Å². The summed E-state index contributed by atoms with van der Waals surface area (Å²) in [5.74, 6) is 0.451. The Morgan fingerprint density at radius 2 is 2.18 bits per heavy atom. The Kier molecular flexibility index (Phi) is 5.71. The molecular weight excluding hydrogens is 382 g/mol. The summed E-state index contributed by atoms with van der Waals surface area (Å²) in [5, 5.41) is 0. The molecule has 0 aliphatic carbocycles. The summed E-state index contributed by atoms with van der Waals surface area (Å²) in [6.45, 7) is 7.53. The third kappa shape index (κ3) is 4.57. The molecule has 0 saturated carbocycles. The molecule has 0 heterocycles. The second-order valence-electron chi connectivity index (χ2n) is 3.11. The number of aliphatic imine (C=N–C) groups is 2. The molecule has 0 spiro atoms. The number of benzene rings is 1. The predicted octanol–water partition coefficient (Wildman–Crippen LogP) is 1.86. The molecule has 4 heteroatoms. The molecule has 0 aliphatic heterocycles. The molecule has 2 N–H and O–H groups in total. The van der Waals surface area contributed by atoms with E-state index in [1.165, 1.54) is 25.6 Å². The SMILES string of the molecule is [CH]c1ccccc1N=C[C](=[W])C(N)=NC=[C-]C. The molecule has 2 radical (unpaired) electrons. The molecule has 0 atom stereocenters. The van der Waals surface area contributed by atoms with Crippen LogP contribution in [0.4, 0.5) is 5.69 Å². The number of nitrogens with zero attached hydrogens (tertiary/aromatic N) is 2. The number of amidine groups is 1. The van der Waals surface area contributed by atoms with Crippen molar-refractivity contribution in [2.45, 2.75) is 6.92 Å². The Bertz CT molecular complexity index is 487. The van der Waals surface area contributed by atoms with Gasteiger partial charge in [-0.15, -0.1) is 0 Å². The van der Waals surface area contributed by atoms with Gasteiger partial charge in [-0.2, -0.15) is 0 Å². The second kappa shape index (κ2) is 7.08. The van der Waals surface area contributed by atoms with Crippen LogP contribution in [0, 0.1) is 13.0 Å². The Morgan fingerprint density at radius 3 is 2.82 bits per heavy atom. The Morgan fingerprint density at radius 1 is 1.47 bits per heavy atom. The van der Waals surface area contributed by atoms with Crippen LogP contribution in [-0.2, 0) is 19.4 Å². The summed E-state index contributed by atoms with van der Waals surface area (Å²) >= 11 is 1.20. The summed E-state index contributed by atoms with van der Waals surface area (Å²) in [5.41, 5.74) is 7.12. The zero-order valence-electron chi connectivity index (χ0n) is 9.42. The van der Waals surface area contributed by atoms with Gasteiger partial charge in [-0.3, -0.25) is 0 Å². The molecule has 0 aromatic heterocycles. The van der Waals surface area contributed by atoms with Crippen molar-refractivity contribution >= 4 is 21.6 Å². The van der Waals surface area contributed by atoms with Crippen molar-refractivity contribution in [1.82, 2.24) is 0 Å². The van der Waals surface area contributed by atoms with E-state index in [1.54, 1.807) is 19.2 Å². The van der Waals surface area contributed by atoms with Crippen LogP contribution in [0.2, 0.25) is 0 Å². The van der Waals surface area contributed by atoms with Gasteiger partial charge in [0, 0.05) is 0 Å². The normalized spacial score (nSPS) is 12.5. The first-order chi connectivity index (χ1) is 8.15. The van der Waals surface area contributed by atoms with Crippen LogP contribution in [0.3, 0.4) is 0 Å². The molecule has 0 aliphatic rings. The fourth-order valence-electron chi connectivity index (χ4n) is 0.997. The van der Waals surface area contributed by atoms with E-state index in [0.717, 1.165) is 9.59 Å². The Balaban J connectivity index is 2.79. The van der Waals surface area contributed by atoms with Crippen molar-refractivity contribution in [2.75, 3.05) is 0 Å². The van der Waals surface area contributed by atoms with Gasteiger partial charge in [0.2, 0.25) is 0 Å². The minimum atomic E-state index is 0.451. The summed E-state index contributed by atoms with van der Waals surface area (Å²) in [6.07, 6.45) is 5.99. The quantitative estimate of drug-likeness (QED) is 0.473. The van der Waals surface area contributed by atoms with E-state index in [2.05, 4.69) is 16.1 Å². The van der Waals surface area contributed by atoms with Crippen LogP contribution in [0.25, 0.3) is 0 Å².